The molecule has 2 heterocycles. The molecule has 20 heavy (non-hydrogen) atoms. The molecule has 1 aliphatic rings. The highest BCUT2D eigenvalue weighted by Gasteiger charge is 2.18. The van der Waals surface area contributed by atoms with Crippen molar-refractivity contribution in [1.29, 1.82) is 0 Å². The summed E-state index contributed by atoms with van der Waals surface area (Å²) < 4.78 is 0. The Kier molecular flexibility index (Phi) is 4.86. The van der Waals surface area contributed by atoms with Gasteiger partial charge in [-0.25, -0.2) is 9.97 Å². The molecular weight excluding hydrogens is 258 g/mol. The Labute approximate surface area is 118 Å². The topological polar surface area (TPSA) is 78.4 Å². The predicted molar refractivity (Wildman–Crippen MR) is 74.5 cm³/mol. The summed E-state index contributed by atoms with van der Waals surface area (Å²) in [4.78, 5) is 34.7. The van der Waals surface area contributed by atoms with Crippen LogP contribution in [0.15, 0.2) is 12.3 Å². The first-order valence-corrected chi connectivity index (χ1v) is 6.80. The van der Waals surface area contributed by atoms with Gasteiger partial charge in [-0.15, -0.1) is 0 Å². The summed E-state index contributed by atoms with van der Waals surface area (Å²) in [5, 5.41) is 2.79. The third-order valence-corrected chi connectivity index (χ3v) is 3.16. The number of carbonyl (C=O) groups excluding carboxylic acids is 2. The average Bonchev–Trinajstić information content (AvgIpc) is 2.52. The third-order valence-electron chi connectivity index (χ3n) is 3.16. The van der Waals surface area contributed by atoms with E-state index in [1.807, 2.05) is 11.8 Å². The molecule has 1 aromatic rings. The molecule has 7 heteroatoms. The van der Waals surface area contributed by atoms with Gasteiger partial charge >= 0.3 is 0 Å². The van der Waals surface area contributed by atoms with E-state index in [0.29, 0.717) is 44.4 Å². The van der Waals surface area contributed by atoms with Crippen LogP contribution in [0.5, 0.6) is 0 Å². The molecule has 1 aromatic heterocycles. The van der Waals surface area contributed by atoms with E-state index in [9.17, 15) is 9.59 Å². The molecule has 0 spiro atoms. The lowest BCUT2D eigenvalue weighted by molar-refractivity contribution is -0.118. The van der Waals surface area contributed by atoms with Gasteiger partial charge in [-0.2, -0.15) is 0 Å². The molecule has 108 valence electrons. The molecule has 1 N–H and O–H groups in total. The van der Waals surface area contributed by atoms with E-state index in [0.717, 1.165) is 12.8 Å². The van der Waals surface area contributed by atoms with Crippen molar-refractivity contribution in [2.24, 2.45) is 0 Å². The van der Waals surface area contributed by atoms with Gasteiger partial charge in [-0.1, -0.05) is 6.92 Å². The van der Waals surface area contributed by atoms with Crippen LogP contribution in [-0.2, 0) is 4.79 Å². The maximum absolute atomic E-state index is 11.9. The van der Waals surface area contributed by atoms with Crippen molar-refractivity contribution < 1.29 is 9.59 Å². The second-order valence-electron chi connectivity index (χ2n) is 4.63. The molecule has 0 aromatic carbocycles. The third kappa shape index (κ3) is 3.43. The molecule has 7 nitrogen and oxygen atoms in total. The lowest BCUT2D eigenvalue weighted by Crippen LogP contribution is -2.46. The van der Waals surface area contributed by atoms with Crippen LogP contribution in [0.4, 0.5) is 5.95 Å². The highest BCUT2D eigenvalue weighted by molar-refractivity contribution is 5.92. The molecular formula is C13H19N5O2. The summed E-state index contributed by atoms with van der Waals surface area (Å²) in [6.45, 7) is 5.30. The molecule has 1 fully saturated rings. The molecule has 0 atom stereocenters. The van der Waals surface area contributed by atoms with Gasteiger partial charge in [0.15, 0.2) is 0 Å². The molecule has 0 bridgehead atoms. The number of carbonyl (C=O) groups is 2. The molecule has 0 aliphatic carbocycles. The summed E-state index contributed by atoms with van der Waals surface area (Å²) in [7, 11) is 0. The quantitative estimate of drug-likeness (QED) is 0.760. The second-order valence-corrected chi connectivity index (χ2v) is 4.63. The number of hydrogen-bond acceptors (Lipinski definition) is 5. The molecule has 1 aliphatic heterocycles. The Morgan fingerprint density at radius 1 is 1.40 bits per heavy atom. The Bertz CT molecular complexity index is 472. The van der Waals surface area contributed by atoms with Crippen molar-refractivity contribution in [2.45, 2.75) is 13.3 Å². The van der Waals surface area contributed by atoms with Crippen LogP contribution in [0.2, 0.25) is 0 Å². The predicted octanol–water partition coefficient (Wildman–Crippen LogP) is -0.105. The SMILES string of the molecule is CCCNC(=O)c1ccnc(N2CCN(C=O)CC2)n1. The Hall–Kier alpha value is -2.18. The summed E-state index contributed by atoms with van der Waals surface area (Å²) in [6.07, 6.45) is 3.33. The highest BCUT2D eigenvalue weighted by Crippen LogP contribution is 2.10. The zero-order valence-corrected chi connectivity index (χ0v) is 11.6. The number of amides is 2. The van der Waals surface area contributed by atoms with Crippen molar-refractivity contribution in [2.75, 3.05) is 37.6 Å². The zero-order chi connectivity index (χ0) is 14.4. The fourth-order valence-electron chi connectivity index (χ4n) is 1.98. The van der Waals surface area contributed by atoms with Gasteiger partial charge in [-0.05, 0) is 12.5 Å². The van der Waals surface area contributed by atoms with Gasteiger partial charge in [0.25, 0.3) is 5.91 Å². The summed E-state index contributed by atoms with van der Waals surface area (Å²) in [6, 6.07) is 1.61. The second kappa shape index (κ2) is 6.83. The minimum Gasteiger partial charge on any atom is -0.351 e. The normalized spacial score (nSPS) is 15.1. The minimum absolute atomic E-state index is 0.179. The van der Waals surface area contributed by atoms with Crippen molar-refractivity contribution in [3.05, 3.63) is 18.0 Å². The molecule has 0 radical (unpaired) electrons. The Morgan fingerprint density at radius 2 is 2.15 bits per heavy atom. The van der Waals surface area contributed by atoms with Gasteiger partial charge in [-0.3, -0.25) is 9.59 Å². The van der Waals surface area contributed by atoms with Crippen molar-refractivity contribution >= 4 is 18.3 Å². The monoisotopic (exact) mass is 277 g/mol. The number of piperazine rings is 1. The lowest BCUT2D eigenvalue weighted by atomic mass is 10.3. The van der Waals surface area contributed by atoms with Crippen LogP contribution in [0, 0.1) is 0 Å². The first-order chi connectivity index (χ1) is 9.74. The minimum atomic E-state index is -0.179. The first kappa shape index (κ1) is 14.2. The van der Waals surface area contributed by atoms with Crippen molar-refractivity contribution in [3.8, 4) is 0 Å². The zero-order valence-electron chi connectivity index (χ0n) is 11.6. The fourth-order valence-corrected chi connectivity index (χ4v) is 1.98. The van der Waals surface area contributed by atoms with E-state index < -0.39 is 0 Å². The van der Waals surface area contributed by atoms with E-state index in [4.69, 9.17) is 0 Å². The van der Waals surface area contributed by atoms with Crippen LogP contribution in [0.25, 0.3) is 0 Å². The highest BCUT2D eigenvalue weighted by atomic mass is 16.2. The molecule has 2 rings (SSSR count). The smallest absolute Gasteiger partial charge is 0.270 e. The van der Waals surface area contributed by atoms with Gasteiger partial charge < -0.3 is 15.1 Å². The van der Waals surface area contributed by atoms with Crippen LogP contribution in [0.1, 0.15) is 23.8 Å². The number of hydrogen-bond donors (Lipinski definition) is 1. The fraction of sp³-hybridized carbons (Fsp3) is 0.538. The number of aromatic nitrogens is 2. The van der Waals surface area contributed by atoms with E-state index in [1.54, 1.807) is 17.2 Å². The largest absolute Gasteiger partial charge is 0.351 e. The Balaban J connectivity index is 2.02. The number of anilines is 1. The van der Waals surface area contributed by atoms with Crippen molar-refractivity contribution in [3.63, 3.8) is 0 Å². The molecule has 0 unspecified atom stereocenters. The number of rotatable bonds is 5. The number of nitrogens with one attached hydrogen (secondary N) is 1. The van der Waals surface area contributed by atoms with E-state index in [-0.39, 0.29) is 5.91 Å². The standard InChI is InChI=1S/C13H19N5O2/c1-2-4-14-12(20)11-3-5-15-13(16-11)18-8-6-17(10-19)7-9-18/h3,5,10H,2,4,6-9H2,1H3,(H,14,20). The van der Waals surface area contributed by atoms with Crippen LogP contribution in [-0.4, -0.2) is 59.9 Å². The van der Waals surface area contributed by atoms with E-state index >= 15 is 0 Å². The van der Waals surface area contributed by atoms with Crippen molar-refractivity contribution in [1.82, 2.24) is 20.2 Å². The summed E-state index contributed by atoms with van der Waals surface area (Å²) in [5.41, 5.74) is 0.376. The van der Waals surface area contributed by atoms with Gasteiger partial charge in [0.2, 0.25) is 12.4 Å². The van der Waals surface area contributed by atoms with Crippen LogP contribution in [0.3, 0.4) is 0 Å². The van der Waals surface area contributed by atoms with E-state index in [1.165, 1.54) is 0 Å². The molecule has 1 saturated heterocycles. The number of nitrogens with zero attached hydrogens (tertiary/aromatic N) is 4. The van der Waals surface area contributed by atoms with Crippen LogP contribution < -0.4 is 10.2 Å². The van der Waals surface area contributed by atoms with E-state index in [2.05, 4.69) is 15.3 Å². The Morgan fingerprint density at radius 3 is 2.80 bits per heavy atom. The molecule has 0 saturated carbocycles. The van der Waals surface area contributed by atoms with Gasteiger partial charge in [0.1, 0.15) is 5.69 Å². The average molecular weight is 277 g/mol. The maximum Gasteiger partial charge on any atom is 0.270 e. The maximum atomic E-state index is 11.9. The lowest BCUT2D eigenvalue weighted by Gasteiger charge is -2.32. The molecule has 2 amide bonds. The summed E-state index contributed by atoms with van der Waals surface area (Å²) in [5.74, 6) is 0.363. The van der Waals surface area contributed by atoms with Gasteiger partial charge in [0.05, 0.1) is 0 Å². The van der Waals surface area contributed by atoms with Crippen LogP contribution >= 0.6 is 0 Å². The van der Waals surface area contributed by atoms with Gasteiger partial charge in [0, 0.05) is 38.9 Å². The first-order valence-electron chi connectivity index (χ1n) is 6.80. The summed E-state index contributed by atoms with van der Waals surface area (Å²) >= 11 is 0.